The number of quaternary nitrogens is 1. The molecule has 0 saturated carbocycles. The van der Waals surface area contributed by atoms with Gasteiger partial charge in [-0.3, -0.25) is 4.79 Å². The molecule has 1 aliphatic heterocycles. The van der Waals surface area contributed by atoms with E-state index in [4.69, 9.17) is 14.2 Å². The summed E-state index contributed by atoms with van der Waals surface area (Å²) >= 11 is 0. The summed E-state index contributed by atoms with van der Waals surface area (Å²) in [6, 6.07) is 11.9. The minimum atomic E-state index is -0.0155. The number of rotatable bonds is 7. The fourth-order valence-corrected chi connectivity index (χ4v) is 3.93. The molecule has 1 unspecified atom stereocenters. The molecule has 6 heteroatoms. The van der Waals surface area contributed by atoms with Gasteiger partial charge < -0.3 is 24.4 Å². The number of nitrogens with one attached hydrogen (secondary N) is 2. The SMILES string of the molecule is COc1ccc([C@@H]2CCC[NH+]2CC(=O)Nc2cc(C)ccc2OC)c(OC)c1. The van der Waals surface area contributed by atoms with Crippen molar-refractivity contribution in [1.82, 2.24) is 0 Å². The van der Waals surface area contributed by atoms with Crippen LogP contribution in [-0.4, -0.2) is 40.3 Å². The standard InChI is InChI=1S/C22H28N2O4/c1-15-7-10-20(27-3)18(12-15)23-22(25)14-24-11-5-6-19(24)17-9-8-16(26-2)13-21(17)28-4/h7-10,12-13,19H,5-6,11,14H2,1-4H3,(H,23,25)/p+1/t19-/m0/s1. The number of ether oxygens (including phenoxy) is 3. The van der Waals surface area contributed by atoms with Crippen molar-refractivity contribution < 1.29 is 23.9 Å². The van der Waals surface area contributed by atoms with E-state index in [9.17, 15) is 4.79 Å². The summed E-state index contributed by atoms with van der Waals surface area (Å²) in [5.41, 5.74) is 2.91. The largest absolute Gasteiger partial charge is 0.497 e. The molecule has 3 rings (SSSR count). The van der Waals surface area contributed by atoms with Crippen molar-refractivity contribution in [3.63, 3.8) is 0 Å². The minimum Gasteiger partial charge on any atom is -0.497 e. The van der Waals surface area contributed by atoms with Crippen LogP contribution in [0.1, 0.15) is 30.0 Å². The third-order valence-electron chi connectivity index (χ3n) is 5.32. The number of carbonyl (C=O) groups excluding carboxylic acids is 1. The Bertz CT molecular complexity index is 837. The fourth-order valence-electron chi connectivity index (χ4n) is 3.93. The third kappa shape index (κ3) is 4.39. The normalized spacial score (nSPS) is 18.6. The van der Waals surface area contributed by atoms with E-state index in [1.165, 1.54) is 4.90 Å². The Morgan fingerprint density at radius 1 is 1.07 bits per heavy atom. The third-order valence-corrected chi connectivity index (χ3v) is 5.32. The van der Waals surface area contributed by atoms with Crippen molar-refractivity contribution >= 4 is 11.6 Å². The van der Waals surface area contributed by atoms with Crippen molar-refractivity contribution in [3.8, 4) is 17.2 Å². The van der Waals surface area contributed by atoms with E-state index in [0.717, 1.165) is 42.0 Å². The highest BCUT2D eigenvalue weighted by atomic mass is 16.5. The molecule has 2 N–H and O–H groups in total. The van der Waals surface area contributed by atoms with Crippen molar-refractivity contribution in [2.75, 3.05) is 39.7 Å². The summed E-state index contributed by atoms with van der Waals surface area (Å²) in [4.78, 5) is 14.0. The number of aryl methyl sites for hydroxylation is 1. The number of anilines is 1. The van der Waals surface area contributed by atoms with E-state index in [1.807, 2.05) is 37.3 Å². The van der Waals surface area contributed by atoms with Crippen molar-refractivity contribution in [1.29, 1.82) is 0 Å². The van der Waals surface area contributed by atoms with Crippen LogP contribution in [0.3, 0.4) is 0 Å². The number of hydrogen-bond donors (Lipinski definition) is 2. The Kier molecular flexibility index (Phi) is 6.41. The first-order valence-electron chi connectivity index (χ1n) is 9.56. The lowest BCUT2D eigenvalue weighted by molar-refractivity contribution is -0.910. The highest BCUT2D eigenvalue weighted by Crippen LogP contribution is 2.31. The molecule has 28 heavy (non-hydrogen) atoms. The summed E-state index contributed by atoms with van der Waals surface area (Å²) < 4.78 is 16.2. The van der Waals surface area contributed by atoms with Crippen LogP contribution in [0.25, 0.3) is 0 Å². The molecule has 0 spiro atoms. The topological polar surface area (TPSA) is 61.2 Å². The fraction of sp³-hybridized carbons (Fsp3) is 0.409. The van der Waals surface area contributed by atoms with Gasteiger partial charge in [0, 0.05) is 18.9 Å². The lowest BCUT2D eigenvalue weighted by atomic mass is 10.0. The van der Waals surface area contributed by atoms with Crippen LogP contribution in [0.5, 0.6) is 17.2 Å². The quantitative estimate of drug-likeness (QED) is 0.768. The van der Waals surface area contributed by atoms with Crippen molar-refractivity contribution in [2.24, 2.45) is 0 Å². The molecule has 0 aromatic heterocycles. The van der Waals surface area contributed by atoms with Crippen molar-refractivity contribution in [3.05, 3.63) is 47.5 Å². The second kappa shape index (κ2) is 8.97. The molecular weight excluding hydrogens is 356 g/mol. The predicted octanol–water partition coefficient (Wildman–Crippen LogP) is 2.38. The van der Waals surface area contributed by atoms with E-state index in [2.05, 4.69) is 11.4 Å². The lowest BCUT2D eigenvalue weighted by Crippen LogP contribution is -3.11. The smallest absolute Gasteiger partial charge is 0.279 e. The van der Waals surface area contributed by atoms with E-state index in [1.54, 1.807) is 21.3 Å². The molecule has 0 bridgehead atoms. The Morgan fingerprint density at radius 2 is 1.86 bits per heavy atom. The molecule has 1 heterocycles. The summed E-state index contributed by atoms with van der Waals surface area (Å²) in [6.07, 6.45) is 2.11. The monoisotopic (exact) mass is 385 g/mol. The first-order chi connectivity index (χ1) is 13.5. The maximum absolute atomic E-state index is 12.7. The molecule has 1 fully saturated rings. The molecule has 1 amide bonds. The van der Waals surface area contributed by atoms with E-state index in [-0.39, 0.29) is 11.9 Å². The second-order valence-corrected chi connectivity index (χ2v) is 7.14. The van der Waals surface area contributed by atoms with Crippen LogP contribution in [0, 0.1) is 6.92 Å². The molecule has 150 valence electrons. The van der Waals surface area contributed by atoms with Gasteiger partial charge in [0.15, 0.2) is 6.54 Å². The minimum absolute atomic E-state index is 0.0155. The Balaban J connectivity index is 1.74. The Morgan fingerprint density at radius 3 is 2.57 bits per heavy atom. The van der Waals surface area contributed by atoms with Gasteiger partial charge in [-0.2, -0.15) is 0 Å². The van der Waals surface area contributed by atoms with Crippen molar-refractivity contribution in [2.45, 2.75) is 25.8 Å². The van der Waals surface area contributed by atoms with Crippen LogP contribution < -0.4 is 24.4 Å². The molecule has 0 radical (unpaired) electrons. The number of benzene rings is 2. The first-order valence-corrected chi connectivity index (χ1v) is 9.56. The second-order valence-electron chi connectivity index (χ2n) is 7.14. The van der Waals surface area contributed by atoms with Gasteiger partial charge in [-0.1, -0.05) is 6.07 Å². The maximum atomic E-state index is 12.7. The zero-order valence-corrected chi connectivity index (χ0v) is 17.0. The molecular formula is C22H29N2O4+. The molecule has 0 aliphatic carbocycles. The zero-order valence-electron chi connectivity index (χ0n) is 17.0. The van der Waals surface area contributed by atoms with Gasteiger partial charge in [-0.25, -0.2) is 0 Å². The zero-order chi connectivity index (χ0) is 20.1. The average molecular weight is 385 g/mol. The first kappa shape index (κ1) is 20.0. The van der Waals surface area contributed by atoms with Gasteiger partial charge >= 0.3 is 0 Å². The summed E-state index contributed by atoms with van der Waals surface area (Å²) in [5, 5.41) is 3.01. The van der Waals surface area contributed by atoms with Crippen LogP contribution in [0.2, 0.25) is 0 Å². The molecule has 2 aromatic carbocycles. The highest BCUT2D eigenvalue weighted by molar-refractivity contribution is 5.93. The van der Waals surface area contributed by atoms with Gasteiger partial charge in [-0.05, 0) is 36.8 Å². The van der Waals surface area contributed by atoms with E-state index in [0.29, 0.717) is 18.0 Å². The van der Waals surface area contributed by atoms with Gasteiger partial charge in [0.1, 0.15) is 23.3 Å². The molecule has 1 aliphatic rings. The number of methoxy groups -OCH3 is 3. The van der Waals surface area contributed by atoms with E-state index < -0.39 is 0 Å². The summed E-state index contributed by atoms with van der Waals surface area (Å²) in [7, 11) is 4.92. The molecule has 6 nitrogen and oxygen atoms in total. The van der Waals surface area contributed by atoms with Crippen LogP contribution >= 0.6 is 0 Å². The highest BCUT2D eigenvalue weighted by Gasteiger charge is 2.33. The molecule has 2 atom stereocenters. The summed E-state index contributed by atoms with van der Waals surface area (Å²) in [6.45, 7) is 3.35. The number of likely N-dealkylation sites (tertiary alicyclic amines) is 1. The van der Waals surface area contributed by atoms with Crippen LogP contribution in [0.4, 0.5) is 5.69 Å². The summed E-state index contributed by atoms with van der Waals surface area (Å²) in [5.74, 6) is 2.23. The maximum Gasteiger partial charge on any atom is 0.279 e. The van der Waals surface area contributed by atoms with Gasteiger partial charge in [0.25, 0.3) is 5.91 Å². The Labute approximate surface area is 166 Å². The van der Waals surface area contributed by atoms with Crippen LogP contribution in [-0.2, 0) is 4.79 Å². The lowest BCUT2D eigenvalue weighted by Gasteiger charge is -2.23. The van der Waals surface area contributed by atoms with Gasteiger partial charge in [0.05, 0.1) is 39.1 Å². The molecule has 1 saturated heterocycles. The number of hydrogen-bond acceptors (Lipinski definition) is 4. The van der Waals surface area contributed by atoms with Gasteiger partial charge in [0.2, 0.25) is 0 Å². The Hall–Kier alpha value is -2.73. The van der Waals surface area contributed by atoms with Gasteiger partial charge in [-0.15, -0.1) is 0 Å². The number of carbonyl (C=O) groups is 1. The van der Waals surface area contributed by atoms with E-state index >= 15 is 0 Å². The number of amides is 1. The van der Waals surface area contributed by atoms with Crippen LogP contribution in [0.15, 0.2) is 36.4 Å². The molecule has 2 aromatic rings. The average Bonchev–Trinajstić information content (AvgIpc) is 3.15. The predicted molar refractivity (Wildman–Crippen MR) is 109 cm³/mol.